The molecule has 16 heavy (non-hydrogen) atoms. The Morgan fingerprint density at radius 2 is 2.12 bits per heavy atom. The maximum absolute atomic E-state index is 13.2. The summed E-state index contributed by atoms with van der Waals surface area (Å²) in [6, 6.07) is 4.34. The van der Waals surface area contributed by atoms with Gasteiger partial charge >= 0.3 is 0 Å². The summed E-state index contributed by atoms with van der Waals surface area (Å²) in [5, 5.41) is 0.352. The maximum atomic E-state index is 13.2. The molecule has 82 valence electrons. The third-order valence-electron chi connectivity index (χ3n) is 2.15. The van der Waals surface area contributed by atoms with E-state index in [4.69, 9.17) is 23.8 Å². The number of H-pyrrole nitrogens is 1. The van der Waals surface area contributed by atoms with Gasteiger partial charge in [-0.05, 0) is 42.9 Å². The van der Waals surface area contributed by atoms with Crippen LogP contribution in [-0.2, 0) is 0 Å². The number of aryl methyl sites for hydroxylation is 1. The van der Waals surface area contributed by atoms with E-state index in [1.54, 1.807) is 12.3 Å². The van der Waals surface area contributed by atoms with Gasteiger partial charge < -0.3 is 4.98 Å². The zero-order valence-electron chi connectivity index (χ0n) is 8.42. The molecule has 1 heterocycles. The van der Waals surface area contributed by atoms with Crippen molar-refractivity contribution in [3.05, 3.63) is 45.6 Å². The molecule has 0 saturated heterocycles. The molecule has 1 N–H and O–H groups in total. The predicted molar refractivity (Wildman–Crippen MR) is 64.6 cm³/mol. The van der Waals surface area contributed by atoms with Crippen LogP contribution < -0.4 is 0 Å². The van der Waals surface area contributed by atoms with Crippen molar-refractivity contribution < 1.29 is 4.39 Å². The molecule has 0 bridgehead atoms. The molecule has 0 saturated carbocycles. The minimum Gasteiger partial charge on any atom is -0.330 e. The fourth-order valence-electron chi connectivity index (χ4n) is 1.46. The summed E-state index contributed by atoms with van der Waals surface area (Å²) in [7, 11) is 0. The lowest BCUT2D eigenvalue weighted by molar-refractivity contribution is 0.628. The molecule has 0 spiro atoms. The summed E-state index contributed by atoms with van der Waals surface area (Å²) >= 11 is 10.7. The number of hydrogen-bond donors (Lipinski definition) is 1. The summed E-state index contributed by atoms with van der Waals surface area (Å²) in [6.07, 6.45) is 1.65. The second-order valence-electron chi connectivity index (χ2n) is 3.40. The highest BCUT2D eigenvalue weighted by atomic mass is 35.5. The molecular weight excluding hydrogens is 247 g/mol. The first kappa shape index (κ1) is 11.2. The van der Waals surface area contributed by atoms with E-state index >= 15 is 0 Å². The highest BCUT2D eigenvalue weighted by Gasteiger charge is 2.05. The Balaban J connectivity index is 2.66. The van der Waals surface area contributed by atoms with Crippen LogP contribution in [-0.4, -0.2) is 9.97 Å². The van der Waals surface area contributed by atoms with Crippen LogP contribution in [0.1, 0.15) is 5.56 Å². The predicted octanol–water partition coefficient (Wildman–Crippen LogP) is 3.91. The Bertz CT molecular complexity index is 575. The fraction of sp³-hybridized carbons (Fsp3) is 0.0909. The summed E-state index contributed by atoms with van der Waals surface area (Å²) < 4.78 is 13.6. The topological polar surface area (TPSA) is 28.7 Å². The van der Waals surface area contributed by atoms with Crippen LogP contribution in [0.4, 0.5) is 4.39 Å². The number of hydrogen-bond acceptors (Lipinski definition) is 2. The second-order valence-corrected chi connectivity index (χ2v) is 4.23. The van der Waals surface area contributed by atoms with Gasteiger partial charge in [-0.25, -0.2) is 9.37 Å². The number of rotatable bonds is 1. The average molecular weight is 255 g/mol. The molecule has 0 amide bonds. The summed E-state index contributed by atoms with van der Waals surface area (Å²) in [6.45, 7) is 1.87. The van der Waals surface area contributed by atoms with Gasteiger partial charge in [-0.3, -0.25) is 0 Å². The first-order valence-electron chi connectivity index (χ1n) is 4.58. The molecule has 2 rings (SSSR count). The largest absolute Gasteiger partial charge is 0.330 e. The number of halogens is 2. The monoisotopic (exact) mass is 254 g/mol. The van der Waals surface area contributed by atoms with Crippen LogP contribution in [0.3, 0.4) is 0 Å². The lowest BCUT2D eigenvalue weighted by Gasteiger charge is -2.06. The van der Waals surface area contributed by atoms with Gasteiger partial charge in [0.1, 0.15) is 5.82 Å². The Kier molecular flexibility index (Phi) is 3.03. The van der Waals surface area contributed by atoms with Crippen molar-refractivity contribution in [2.45, 2.75) is 6.92 Å². The third kappa shape index (κ3) is 2.28. The van der Waals surface area contributed by atoms with Crippen LogP contribution in [0.5, 0.6) is 0 Å². The molecule has 0 unspecified atom stereocenters. The van der Waals surface area contributed by atoms with Gasteiger partial charge in [0.25, 0.3) is 0 Å². The van der Waals surface area contributed by atoms with E-state index in [1.165, 1.54) is 12.1 Å². The zero-order chi connectivity index (χ0) is 11.7. The first-order chi connectivity index (χ1) is 7.56. The molecule has 0 aliphatic carbocycles. The van der Waals surface area contributed by atoms with Crippen molar-refractivity contribution in [2.24, 2.45) is 0 Å². The Hall–Kier alpha value is -1.26. The van der Waals surface area contributed by atoms with Crippen molar-refractivity contribution in [1.29, 1.82) is 0 Å². The molecule has 0 atom stereocenters. The highest BCUT2D eigenvalue weighted by Crippen LogP contribution is 2.24. The lowest BCUT2D eigenvalue weighted by Crippen LogP contribution is -1.92. The number of aromatic amines is 1. The molecule has 2 nitrogen and oxygen atoms in total. The highest BCUT2D eigenvalue weighted by molar-refractivity contribution is 7.71. The van der Waals surface area contributed by atoms with E-state index in [2.05, 4.69) is 9.97 Å². The number of nitrogens with one attached hydrogen (secondary N) is 1. The van der Waals surface area contributed by atoms with Crippen molar-refractivity contribution in [3.63, 3.8) is 0 Å². The number of benzene rings is 1. The van der Waals surface area contributed by atoms with E-state index in [1.807, 2.05) is 6.92 Å². The lowest BCUT2D eigenvalue weighted by atomic mass is 10.1. The van der Waals surface area contributed by atoms with Gasteiger partial charge in [-0.1, -0.05) is 11.6 Å². The minimum absolute atomic E-state index is 0.352. The molecule has 2 aromatic rings. The molecule has 1 aromatic carbocycles. The maximum Gasteiger partial charge on any atom is 0.197 e. The van der Waals surface area contributed by atoms with Crippen LogP contribution in [0, 0.1) is 17.5 Å². The SMILES string of the molecule is Cc1cnc(=S)[nH]c1-c1cc(F)cc(Cl)c1. The summed E-state index contributed by atoms with van der Waals surface area (Å²) in [4.78, 5) is 6.87. The van der Waals surface area contributed by atoms with Crippen LogP contribution >= 0.6 is 23.8 Å². The van der Waals surface area contributed by atoms with E-state index < -0.39 is 0 Å². The van der Waals surface area contributed by atoms with Crippen molar-refractivity contribution in [1.82, 2.24) is 9.97 Å². The quantitative estimate of drug-likeness (QED) is 0.782. The molecule has 5 heteroatoms. The van der Waals surface area contributed by atoms with Crippen molar-refractivity contribution in [2.75, 3.05) is 0 Å². The normalized spacial score (nSPS) is 10.4. The third-order valence-corrected chi connectivity index (χ3v) is 2.58. The van der Waals surface area contributed by atoms with Gasteiger partial charge in [-0.15, -0.1) is 0 Å². The van der Waals surface area contributed by atoms with Crippen LogP contribution in [0.2, 0.25) is 5.02 Å². The van der Waals surface area contributed by atoms with Gasteiger partial charge in [0.15, 0.2) is 4.77 Å². The van der Waals surface area contributed by atoms with Gasteiger partial charge in [0.2, 0.25) is 0 Å². The van der Waals surface area contributed by atoms with E-state index in [-0.39, 0.29) is 5.82 Å². The molecule has 0 aliphatic heterocycles. The molecule has 0 aliphatic rings. The summed E-state index contributed by atoms with van der Waals surface area (Å²) in [5.41, 5.74) is 2.28. The van der Waals surface area contributed by atoms with Crippen LogP contribution in [0.15, 0.2) is 24.4 Å². The zero-order valence-corrected chi connectivity index (χ0v) is 9.99. The Morgan fingerprint density at radius 3 is 2.81 bits per heavy atom. The van der Waals surface area contributed by atoms with Gasteiger partial charge in [0, 0.05) is 16.8 Å². The molecule has 0 radical (unpaired) electrons. The Labute approximate surface area is 102 Å². The molecule has 1 aromatic heterocycles. The van der Waals surface area contributed by atoms with Crippen molar-refractivity contribution >= 4 is 23.8 Å². The molecular formula is C11H8ClFN2S. The van der Waals surface area contributed by atoms with E-state index in [9.17, 15) is 4.39 Å². The van der Waals surface area contributed by atoms with E-state index in [0.29, 0.717) is 15.4 Å². The standard InChI is InChI=1S/C11H8ClFN2S/c1-6-5-14-11(16)15-10(6)7-2-8(12)4-9(13)3-7/h2-5H,1H3,(H,14,15,16). The van der Waals surface area contributed by atoms with Crippen LogP contribution in [0.25, 0.3) is 11.3 Å². The smallest absolute Gasteiger partial charge is 0.197 e. The Morgan fingerprint density at radius 1 is 1.38 bits per heavy atom. The number of aromatic nitrogens is 2. The molecule has 0 fully saturated rings. The van der Waals surface area contributed by atoms with Crippen molar-refractivity contribution in [3.8, 4) is 11.3 Å². The number of nitrogens with zero attached hydrogens (tertiary/aromatic N) is 1. The minimum atomic E-state index is -0.377. The average Bonchev–Trinajstić information content (AvgIpc) is 2.20. The summed E-state index contributed by atoms with van der Waals surface area (Å²) in [5.74, 6) is -0.377. The second kappa shape index (κ2) is 4.31. The fourth-order valence-corrected chi connectivity index (χ4v) is 1.83. The first-order valence-corrected chi connectivity index (χ1v) is 5.37. The van der Waals surface area contributed by atoms with E-state index in [0.717, 1.165) is 11.3 Å². The van der Waals surface area contributed by atoms with Gasteiger partial charge in [0.05, 0.1) is 5.69 Å². The van der Waals surface area contributed by atoms with Gasteiger partial charge in [-0.2, -0.15) is 0 Å².